The number of hydrogen-bond donors (Lipinski definition) is 0. The van der Waals surface area contributed by atoms with Crippen LogP contribution in [0.25, 0.3) is 0 Å². The first-order chi connectivity index (χ1) is 9.95. The van der Waals surface area contributed by atoms with Crippen molar-refractivity contribution in [3.8, 4) is 0 Å². The Hall–Kier alpha value is 0.293. The van der Waals surface area contributed by atoms with E-state index in [4.69, 9.17) is 0 Å². The van der Waals surface area contributed by atoms with E-state index in [9.17, 15) is 0 Å². The Bertz CT molecular complexity index is 402. The summed E-state index contributed by atoms with van der Waals surface area (Å²) in [5.74, 6) is 3.56. The second kappa shape index (κ2) is 12.7. The van der Waals surface area contributed by atoms with Crippen LogP contribution < -0.4 is 24.8 Å². The minimum atomic E-state index is 0. The maximum atomic E-state index is 3.34. The zero-order chi connectivity index (χ0) is 14.2. The third-order valence-electron chi connectivity index (χ3n) is 4.65. The second-order valence-electron chi connectivity index (χ2n) is 5.73. The number of halogens is 2. The fourth-order valence-electron chi connectivity index (χ4n) is 3.79. The first-order valence-electron chi connectivity index (χ1n) is 7.72. The second-order valence-corrected chi connectivity index (χ2v) is 5.73. The topological polar surface area (TPSA) is 0 Å². The Morgan fingerprint density at radius 2 is 1.73 bits per heavy atom. The van der Waals surface area contributed by atoms with E-state index in [-0.39, 0.29) is 24.8 Å². The average Bonchev–Trinajstić information content (AvgIpc) is 3.20. The Morgan fingerprint density at radius 3 is 2.36 bits per heavy atom. The van der Waals surface area contributed by atoms with Gasteiger partial charge < -0.3 is 31.2 Å². The number of fused-ring (bicyclic) bond motifs is 3. The molecule has 2 saturated carbocycles. The average molecular weight is 415 g/mol. The fourth-order valence-corrected chi connectivity index (χ4v) is 3.79. The smallest absolute Gasteiger partial charge is 1.00 e. The summed E-state index contributed by atoms with van der Waals surface area (Å²) < 4.78 is 3.34. The van der Waals surface area contributed by atoms with Crippen LogP contribution in [0.5, 0.6) is 0 Å². The van der Waals surface area contributed by atoms with Crippen LogP contribution in [0.1, 0.15) is 32.1 Å². The Balaban J connectivity index is 0.000000422. The van der Waals surface area contributed by atoms with Gasteiger partial charge in [-0.05, 0) is 5.92 Å². The van der Waals surface area contributed by atoms with Gasteiger partial charge in [0.1, 0.15) is 0 Å². The summed E-state index contributed by atoms with van der Waals surface area (Å²) in [5, 5.41) is 0. The molecule has 0 aliphatic heterocycles. The summed E-state index contributed by atoms with van der Waals surface area (Å²) in [6.45, 7) is 0. The standard InChI is InChI=1S/C13H17.C5H5.CH2.2ClH.Zr/c1-3-7-12-10(5-1)9-11-6-2-4-8-13(11)12;1-2-4-5-3-1;;;;/h1,3,5,7,9-13H,2,4,6,8H2;1-3H,4H2;1H2;2*1H;/q2*-1;;;;+2/p-2. The molecule has 4 unspecified atom stereocenters. The van der Waals surface area contributed by atoms with Crippen LogP contribution >= 0.6 is 0 Å². The van der Waals surface area contributed by atoms with Gasteiger partial charge in [-0.1, -0.05) is 49.8 Å². The molecule has 0 saturated heterocycles. The molecule has 0 aromatic heterocycles. The van der Waals surface area contributed by atoms with E-state index in [1.807, 2.05) is 12.2 Å². The van der Waals surface area contributed by atoms with E-state index < -0.39 is 0 Å². The molecule has 0 radical (unpaired) electrons. The maximum Gasteiger partial charge on any atom is -1.00 e. The number of hydrogen-bond acceptors (Lipinski definition) is 0. The molecule has 4 rings (SSSR count). The normalized spacial score (nSPS) is 32.3. The van der Waals surface area contributed by atoms with Gasteiger partial charge in [-0.25, -0.2) is 12.2 Å². The van der Waals surface area contributed by atoms with E-state index in [1.54, 1.807) is 0 Å². The van der Waals surface area contributed by atoms with Crippen LogP contribution in [-0.4, -0.2) is 4.21 Å². The van der Waals surface area contributed by atoms with E-state index >= 15 is 0 Å². The van der Waals surface area contributed by atoms with Crippen molar-refractivity contribution in [1.29, 1.82) is 0 Å². The molecule has 0 bridgehead atoms. The molecule has 22 heavy (non-hydrogen) atoms. The molecule has 0 spiro atoms. The number of rotatable bonds is 0. The summed E-state index contributed by atoms with van der Waals surface area (Å²) in [7, 11) is 0. The van der Waals surface area contributed by atoms with Gasteiger partial charge in [-0.2, -0.15) is 12.0 Å². The Kier molecular flexibility index (Phi) is 12.9. The molecule has 0 aromatic carbocycles. The monoisotopic (exact) mass is 412 g/mol. The Morgan fingerprint density at radius 1 is 1.00 bits per heavy atom. The summed E-state index contributed by atoms with van der Waals surface area (Å²) in [4.78, 5) is 0. The van der Waals surface area contributed by atoms with Crippen LogP contribution in [-0.2, 0) is 24.2 Å². The van der Waals surface area contributed by atoms with Crippen LogP contribution in [0.15, 0.2) is 42.5 Å². The number of allylic oxidation sites excluding steroid dienone is 8. The predicted octanol–water partition coefficient (Wildman–Crippen LogP) is -1.35. The van der Waals surface area contributed by atoms with Crippen LogP contribution in [0.2, 0.25) is 0 Å². The first kappa shape index (κ1) is 22.3. The third-order valence-corrected chi connectivity index (χ3v) is 4.65. The van der Waals surface area contributed by atoms with Gasteiger partial charge in [0, 0.05) is 0 Å². The summed E-state index contributed by atoms with van der Waals surface area (Å²) in [6.07, 6.45) is 27.8. The molecule has 0 amide bonds. The first-order valence-corrected chi connectivity index (χ1v) is 9.46. The molecule has 0 heterocycles. The fraction of sp³-hybridized carbons (Fsp3) is 0.474. The van der Waals surface area contributed by atoms with E-state index in [0.29, 0.717) is 0 Å². The maximum absolute atomic E-state index is 3.34. The predicted molar refractivity (Wildman–Crippen MR) is 83.7 cm³/mol. The Labute approximate surface area is 163 Å². The molecule has 3 heteroatoms. The molecule has 4 aliphatic carbocycles. The minimum absolute atomic E-state index is 0. The zero-order valence-electron chi connectivity index (χ0n) is 12.9. The van der Waals surface area contributed by atoms with Crippen molar-refractivity contribution in [2.75, 3.05) is 0 Å². The zero-order valence-corrected chi connectivity index (χ0v) is 16.9. The SMILES string of the molecule is C1=CC2[CH-]C3CCCCC3C2C=C1.[C-]1=CC=CC1.[CH2]=[Zr+2].[Cl-].[Cl-]. The molecule has 120 valence electrons. The molecule has 2 fully saturated rings. The summed E-state index contributed by atoms with van der Waals surface area (Å²) in [5.41, 5.74) is 0. The molecule has 0 aromatic rings. The van der Waals surface area contributed by atoms with Crippen molar-refractivity contribution >= 4 is 4.21 Å². The molecular weight excluding hydrogens is 390 g/mol. The van der Waals surface area contributed by atoms with E-state index in [1.165, 1.54) is 49.9 Å². The van der Waals surface area contributed by atoms with Crippen molar-refractivity contribution in [2.24, 2.45) is 23.7 Å². The molecule has 0 nitrogen and oxygen atoms in total. The molecular formula is C19H24Cl2Zr-2. The molecule has 0 N–H and O–H groups in total. The van der Waals surface area contributed by atoms with E-state index in [2.05, 4.69) is 47.1 Å². The summed E-state index contributed by atoms with van der Waals surface area (Å²) >= 11 is 1.30. The van der Waals surface area contributed by atoms with Gasteiger partial charge in [0.25, 0.3) is 0 Å². The minimum Gasteiger partial charge on any atom is -1.00 e. The van der Waals surface area contributed by atoms with Crippen molar-refractivity contribution in [3.63, 3.8) is 0 Å². The van der Waals surface area contributed by atoms with Crippen molar-refractivity contribution in [1.82, 2.24) is 0 Å². The van der Waals surface area contributed by atoms with Gasteiger partial charge in [0.2, 0.25) is 0 Å². The van der Waals surface area contributed by atoms with E-state index in [0.717, 1.165) is 30.1 Å². The van der Waals surface area contributed by atoms with Crippen LogP contribution in [0.4, 0.5) is 0 Å². The van der Waals surface area contributed by atoms with Gasteiger partial charge in [-0.3, -0.25) is 6.08 Å². The largest absolute Gasteiger partial charge is 1.00 e. The van der Waals surface area contributed by atoms with Crippen molar-refractivity contribution < 1.29 is 49.0 Å². The van der Waals surface area contributed by atoms with Gasteiger partial charge in [0.15, 0.2) is 0 Å². The van der Waals surface area contributed by atoms with Crippen molar-refractivity contribution in [2.45, 2.75) is 32.1 Å². The van der Waals surface area contributed by atoms with Gasteiger partial charge in [0.05, 0.1) is 0 Å². The quantitative estimate of drug-likeness (QED) is 0.430. The molecule has 4 atom stereocenters. The van der Waals surface area contributed by atoms with Crippen molar-refractivity contribution in [3.05, 3.63) is 55.0 Å². The summed E-state index contributed by atoms with van der Waals surface area (Å²) in [6, 6.07) is 0. The third kappa shape index (κ3) is 6.06. The molecule has 4 aliphatic rings. The van der Waals surface area contributed by atoms with Crippen LogP contribution in [0.3, 0.4) is 0 Å². The van der Waals surface area contributed by atoms with Gasteiger partial charge >= 0.3 is 28.4 Å². The van der Waals surface area contributed by atoms with Crippen LogP contribution in [0, 0.1) is 36.2 Å². The van der Waals surface area contributed by atoms with Gasteiger partial charge in [-0.15, -0.1) is 18.4 Å².